The molecule has 2 bridgehead atoms. The number of benzene rings is 2. The van der Waals surface area contributed by atoms with Gasteiger partial charge in [-0.1, -0.05) is 48.0 Å². The van der Waals surface area contributed by atoms with Gasteiger partial charge in [0.1, 0.15) is 0 Å². The third-order valence-corrected chi connectivity index (χ3v) is 6.52. The fraction of sp³-hybridized carbons (Fsp3) is 0.391. The number of halogens is 1. The molecule has 28 heavy (non-hydrogen) atoms. The third-order valence-electron chi connectivity index (χ3n) is 6.52. The highest BCUT2D eigenvalue weighted by molar-refractivity contribution is 5.85. The van der Waals surface area contributed by atoms with Gasteiger partial charge in [-0.05, 0) is 56.8 Å². The Morgan fingerprint density at radius 1 is 0.964 bits per heavy atom. The topological polar surface area (TPSA) is 42.2 Å². The van der Waals surface area contributed by atoms with Crippen molar-refractivity contribution in [2.45, 2.75) is 50.1 Å². The maximum atomic E-state index is 6.23. The lowest BCUT2D eigenvalue weighted by Gasteiger charge is -2.41. The smallest absolute Gasteiger partial charge is 0.247 e. The molecule has 2 aromatic carbocycles. The molecule has 5 rings (SSSR count). The molecule has 0 N–H and O–H groups in total. The fourth-order valence-electron chi connectivity index (χ4n) is 5.03. The lowest BCUT2D eigenvalue weighted by molar-refractivity contribution is 0.124. The summed E-state index contributed by atoms with van der Waals surface area (Å²) >= 11 is 0. The van der Waals surface area contributed by atoms with Crippen LogP contribution in [0, 0.1) is 6.92 Å². The summed E-state index contributed by atoms with van der Waals surface area (Å²) in [5.41, 5.74) is 3.68. The largest absolute Gasteiger partial charge is 0.420 e. The van der Waals surface area contributed by atoms with Crippen LogP contribution < -0.4 is 0 Å². The summed E-state index contributed by atoms with van der Waals surface area (Å²) < 4.78 is 6.23. The Morgan fingerprint density at radius 3 is 2.46 bits per heavy atom. The maximum Gasteiger partial charge on any atom is 0.247 e. The molecule has 4 unspecified atom stereocenters. The Morgan fingerprint density at radius 2 is 1.71 bits per heavy atom. The van der Waals surface area contributed by atoms with E-state index in [0.29, 0.717) is 23.9 Å². The molecule has 5 heteroatoms. The van der Waals surface area contributed by atoms with Crippen LogP contribution in [0.15, 0.2) is 59.0 Å². The van der Waals surface area contributed by atoms with Crippen LogP contribution in [0.25, 0.3) is 11.5 Å². The summed E-state index contributed by atoms with van der Waals surface area (Å²) in [6, 6.07) is 20.2. The Kier molecular flexibility index (Phi) is 5.26. The van der Waals surface area contributed by atoms with Crippen LogP contribution in [0.5, 0.6) is 0 Å². The van der Waals surface area contributed by atoms with Crippen molar-refractivity contribution in [3.05, 3.63) is 71.6 Å². The van der Waals surface area contributed by atoms with Gasteiger partial charge < -0.3 is 4.42 Å². The van der Waals surface area contributed by atoms with Crippen molar-refractivity contribution in [2.75, 3.05) is 7.05 Å². The molecule has 3 aromatic rings. The van der Waals surface area contributed by atoms with Crippen LogP contribution >= 0.6 is 12.4 Å². The molecule has 4 atom stereocenters. The molecule has 3 heterocycles. The predicted molar refractivity (Wildman–Crippen MR) is 113 cm³/mol. The van der Waals surface area contributed by atoms with Crippen LogP contribution in [-0.2, 0) is 0 Å². The number of piperidine rings is 1. The molecular formula is C23H26ClN3O. The van der Waals surface area contributed by atoms with Crippen LogP contribution in [0.1, 0.15) is 48.1 Å². The molecule has 2 aliphatic heterocycles. The second-order valence-electron chi connectivity index (χ2n) is 8.05. The number of hydrogen-bond donors (Lipinski definition) is 0. The SMILES string of the molecule is Cc1ccc(C2CC3CCC(C2c2nnc(-c4ccccc4)o2)N3C)cc1.Cl. The van der Waals surface area contributed by atoms with Gasteiger partial charge in [-0.15, -0.1) is 22.6 Å². The van der Waals surface area contributed by atoms with Gasteiger partial charge in [0, 0.05) is 17.6 Å². The van der Waals surface area contributed by atoms with Crippen molar-refractivity contribution >= 4 is 12.4 Å². The number of nitrogens with zero attached hydrogens (tertiary/aromatic N) is 3. The van der Waals surface area contributed by atoms with E-state index in [0.717, 1.165) is 17.9 Å². The first kappa shape index (κ1) is 19.2. The molecule has 2 aliphatic rings. The van der Waals surface area contributed by atoms with E-state index in [1.807, 2.05) is 30.3 Å². The molecule has 0 saturated carbocycles. The first-order chi connectivity index (χ1) is 13.2. The van der Waals surface area contributed by atoms with E-state index in [9.17, 15) is 0 Å². The summed E-state index contributed by atoms with van der Waals surface area (Å²) in [4.78, 5) is 2.54. The van der Waals surface area contributed by atoms with Crippen molar-refractivity contribution in [1.82, 2.24) is 15.1 Å². The van der Waals surface area contributed by atoms with Gasteiger partial charge in [-0.25, -0.2) is 0 Å². The molecule has 2 fully saturated rings. The second-order valence-corrected chi connectivity index (χ2v) is 8.05. The fourth-order valence-corrected chi connectivity index (χ4v) is 5.03. The minimum atomic E-state index is 0. The zero-order valence-corrected chi connectivity index (χ0v) is 17.1. The molecule has 0 aliphatic carbocycles. The Labute approximate surface area is 172 Å². The van der Waals surface area contributed by atoms with Crippen LogP contribution in [0.4, 0.5) is 0 Å². The van der Waals surface area contributed by atoms with Gasteiger partial charge in [-0.2, -0.15) is 0 Å². The summed E-state index contributed by atoms with van der Waals surface area (Å²) in [6.07, 6.45) is 3.63. The average molecular weight is 396 g/mol. The van der Waals surface area contributed by atoms with Gasteiger partial charge in [0.2, 0.25) is 11.8 Å². The van der Waals surface area contributed by atoms with E-state index >= 15 is 0 Å². The molecule has 0 amide bonds. The average Bonchev–Trinajstić information content (AvgIpc) is 3.26. The predicted octanol–water partition coefficient (Wildman–Crippen LogP) is 5.20. The highest BCUT2D eigenvalue weighted by Crippen LogP contribution is 2.50. The van der Waals surface area contributed by atoms with Crippen molar-refractivity contribution < 1.29 is 4.42 Å². The summed E-state index contributed by atoms with van der Waals surface area (Å²) in [5.74, 6) is 2.09. The number of aromatic nitrogens is 2. The monoisotopic (exact) mass is 395 g/mol. The minimum absolute atomic E-state index is 0. The standard InChI is InChI=1S/C23H25N3O.ClH/c1-15-8-10-16(11-9-15)19-14-18-12-13-20(26(18)2)21(19)23-25-24-22(27-23)17-6-4-3-5-7-17;/h3-11,18-21H,12-14H2,1-2H3;1H. The molecular weight excluding hydrogens is 370 g/mol. The first-order valence-electron chi connectivity index (χ1n) is 9.88. The first-order valence-corrected chi connectivity index (χ1v) is 9.88. The maximum absolute atomic E-state index is 6.23. The molecule has 4 nitrogen and oxygen atoms in total. The molecule has 0 spiro atoms. The summed E-state index contributed by atoms with van der Waals surface area (Å²) in [5, 5.41) is 8.89. The highest BCUT2D eigenvalue weighted by atomic mass is 35.5. The van der Waals surface area contributed by atoms with Crippen molar-refractivity contribution in [3.8, 4) is 11.5 Å². The van der Waals surface area contributed by atoms with E-state index in [2.05, 4.69) is 53.3 Å². The van der Waals surface area contributed by atoms with E-state index in [1.165, 1.54) is 24.0 Å². The van der Waals surface area contributed by atoms with Gasteiger partial charge in [0.05, 0.1) is 5.92 Å². The van der Waals surface area contributed by atoms with E-state index in [-0.39, 0.29) is 18.3 Å². The molecule has 0 radical (unpaired) electrons. The number of rotatable bonds is 3. The van der Waals surface area contributed by atoms with Crippen LogP contribution in [0.3, 0.4) is 0 Å². The van der Waals surface area contributed by atoms with E-state index < -0.39 is 0 Å². The van der Waals surface area contributed by atoms with E-state index in [1.54, 1.807) is 0 Å². The number of hydrogen-bond acceptors (Lipinski definition) is 4. The Balaban J connectivity index is 0.00000192. The Bertz CT molecular complexity index is 925. The number of likely N-dealkylation sites (N-methyl/N-ethyl adjacent to an activating group) is 1. The minimum Gasteiger partial charge on any atom is -0.420 e. The van der Waals surface area contributed by atoms with Gasteiger partial charge in [0.25, 0.3) is 0 Å². The third kappa shape index (κ3) is 3.25. The van der Waals surface area contributed by atoms with Gasteiger partial charge >= 0.3 is 0 Å². The second kappa shape index (κ2) is 7.69. The number of fused-ring (bicyclic) bond motifs is 2. The zero-order chi connectivity index (χ0) is 18.4. The van der Waals surface area contributed by atoms with Crippen molar-refractivity contribution in [3.63, 3.8) is 0 Å². The summed E-state index contributed by atoms with van der Waals surface area (Å²) in [6.45, 7) is 2.14. The lowest BCUT2D eigenvalue weighted by atomic mass is 9.76. The van der Waals surface area contributed by atoms with Crippen molar-refractivity contribution in [2.24, 2.45) is 0 Å². The normalized spacial score (nSPS) is 26.8. The van der Waals surface area contributed by atoms with Gasteiger partial charge in [0.15, 0.2) is 0 Å². The quantitative estimate of drug-likeness (QED) is 0.611. The van der Waals surface area contributed by atoms with Gasteiger partial charge in [-0.3, -0.25) is 4.90 Å². The van der Waals surface area contributed by atoms with Crippen molar-refractivity contribution in [1.29, 1.82) is 0 Å². The Hall–Kier alpha value is -2.17. The number of aryl methyl sites for hydroxylation is 1. The van der Waals surface area contributed by atoms with E-state index in [4.69, 9.17) is 4.42 Å². The highest BCUT2D eigenvalue weighted by Gasteiger charge is 2.48. The van der Waals surface area contributed by atoms with Crippen LogP contribution in [0.2, 0.25) is 0 Å². The molecule has 146 valence electrons. The molecule has 2 saturated heterocycles. The lowest BCUT2D eigenvalue weighted by Crippen LogP contribution is -2.44. The molecule has 1 aromatic heterocycles. The zero-order valence-electron chi connectivity index (χ0n) is 16.3. The van der Waals surface area contributed by atoms with Crippen LogP contribution in [-0.4, -0.2) is 34.2 Å². The summed E-state index contributed by atoms with van der Waals surface area (Å²) in [7, 11) is 2.26.